The van der Waals surface area contributed by atoms with E-state index in [-0.39, 0.29) is 19.1 Å². The highest BCUT2D eigenvalue weighted by molar-refractivity contribution is 5.89. The molecule has 1 aromatic rings. The van der Waals surface area contributed by atoms with E-state index < -0.39 is 24.2 Å². The van der Waals surface area contributed by atoms with Gasteiger partial charge in [-0.15, -0.1) is 0 Å². The maximum absolute atomic E-state index is 12.5. The van der Waals surface area contributed by atoms with Gasteiger partial charge in [0.05, 0.1) is 13.2 Å². The third-order valence-corrected chi connectivity index (χ3v) is 4.44. The number of benzene rings is 1. The molecule has 26 heavy (non-hydrogen) atoms. The second-order valence-electron chi connectivity index (χ2n) is 6.25. The summed E-state index contributed by atoms with van der Waals surface area (Å²) in [6, 6.07) is 8.31. The molecule has 2 saturated heterocycles. The Hall–Kier alpha value is -2.61. The molecule has 8 heteroatoms. The Morgan fingerprint density at radius 1 is 1.19 bits per heavy atom. The summed E-state index contributed by atoms with van der Waals surface area (Å²) in [5, 5.41) is 0. The first kappa shape index (κ1) is 18.2. The van der Waals surface area contributed by atoms with Crippen LogP contribution in [0, 0.1) is 0 Å². The van der Waals surface area contributed by atoms with Gasteiger partial charge in [0.1, 0.15) is 19.3 Å². The molecule has 2 aliphatic rings. The number of carbonyl (C=O) groups excluding carboxylic acids is 3. The number of hydrogen-bond donors (Lipinski definition) is 0. The fraction of sp³-hybridized carbons (Fsp3) is 0.500. The zero-order valence-electron chi connectivity index (χ0n) is 14.6. The van der Waals surface area contributed by atoms with Crippen LogP contribution in [0.5, 0.6) is 0 Å². The van der Waals surface area contributed by atoms with Crippen LogP contribution in [0.3, 0.4) is 0 Å². The van der Waals surface area contributed by atoms with Gasteiger partial charge >= 0.3 is 12.1 Å². The Labute approximate surface area is 151 Å². The Bertz CT molecular complexity index is 659. The predicted octanol–water partition coefficient (Wildman–Crippen LogP) is 0.798. The molecule has 8 nitrogen and oxygen atoms in total. The molecule has 0 spiro atoms. The molecular formula is C18H22N2O6. The van der Waals surface area contributed by atoms with Crippen molar-refractivity contribution in [2.24, 2.45) is 0 Å². The van der Waals surface area contributed by atoms with Gasteiger partial charge in [0.15, 0.2) is 6.04 Å². The van der Waals surface area contributed by atoms with Crippen molar-refractivity contribution in [3.05, 3.63) is 35.9 Å². The normalized spacial score (nSPS) is 22.9. The summed E-state index contributed by atoms with van der Waals surface area (Å²) in [7, 11) is 0. The minimum Gasteiger partial charge on any atom is -0.459 e. The summed E-state index contributed by atoms with van der Waals surface area (Å²) in [6.45, 7) is 3.38. The number of esters is 1. The number of carbonyl (C=O) groups is 3. The fourth-order valence-electron chi connectivity index (χ4n) is 3.01. The first-order valence-corrected chi connectivity index (χ1v) is 8.59. The van der Waals surface area contributed by atoms with Gasteiger partial charge in [-0.2, -0.15) is 0 Å². The standard InChI is InChI=1S/C18H22N2O6/c1-13-16(17(22)25-12-14-5-3-2-4-6-14)20(18(23)26-13)11-15(21)19-7-9-24-10-8-19/h2-6,13,16H,7-12H2,1H3. The van der Waals surface area contributed by atoms with Crippen molar-refractivity contribution in [1.29, 1.82) is 0 Å². The van der Waals surface area contributed by atoms with E-state index in [4.69, 9.17) is 14.2 Å². The zero-order chi connectivity index (χ0) is 18.5. The average Bonchev–Trinajstić information content (AvgIpc) is 2.94. The van der Waals surface area contributed by atoms with Crippen LogP contribution in [0.4, 0.5) is 4.79 Å². The van der Waals surface area contributed by atoms with E-state index in [0.29, 0.717) is 26.3 Å². The number of amides is 2. The lowest BCUT2D eigenvalue weighted by Gasteiger charge is -2.29. The molecule has 0 saturated carbocycles. The van der Waals surface area contributed by atoms with E-state index in [9.17, 15) is 14.4 Å². The minimum absolute atomic E-state index is 0.0995. The van der Waals surface area contributed by atoms with E-state index in [2.05, 4.69) is 0 Å². The molecule has 2 aliphatic heterocycles. The van der Waals surface area contributed by atoms with Gasteiger partial charge in [-0.3, -0.25) is 9.69 Å². The molecular weight excluding hydrogens is 340 g/mol. The summed E-state index contributed by atoms with van der Waals surface area (Å²) < 4.78 is 15.7. The molecule has 2 fully saturated rings. The third-order valence-electron chi connectivity index (χ3n) is 4.44. The smallest absolute Gasteiger partial charge is 0.411 e. The SMILES string of the molecule is CC1OC(=O)N(CC(=O)N2CCOCC2)C1C(=O)OCc1ccccc1. The van der Waals surface area contributed by atoms with Crippen molar-refractivity contribution >= 4 is 18.0 Å². The van der Waals surface area contributed by atoms with E-state index in [1.807, 2.05) is 30.3 Å². The highest BCUT2D eigenvalue weighted by Crippen LogP contribution is 2.21. The molecule has 2 atom stereocenters. The summed E-state index contributed by atoms with van der Waals surface area (Å²) in [4.78, 5) is 39.8. The van der Waals surface area contributed by atoms with Crippen LogP contribution in [0.25, 0.3) is 0 Å². The van der Waals surface area contributed by atoms with E-state index in [1.165, 1.54) is 0 Å². The number of ether oxygens (including phenoxy) is 3. The Morgan fingerprint density at radius 3 is 2.58 bits per heavy atom. The van der Waals surface area contributed by atoms with Crippen molar-refractivity contribution in [1.82, 2.24) is 9.80 Å². The van der Waals surface area contributed by atoms with E-state index in [0.717, 1.165) is 10.5 Å². The van der Waals surface area contributed by atoms with Crippen LogP contribution in [0.15, 0.2) is 30.3 Å². The third kappa shape index (κ3) is 4.13. The van der Waals surface area contributed by atoms with Crippen LogP contribution in [0.1, 0.15) is 12.5 Å². The van der Waals surface area contributed by atoms with Gasteiger partial charge in [0.2, 0.25) is 5.91 Å². The largest absolute Gasteiger partial charge is 0.459 e. The number of morpholine rings is 1. The van der Waals surface area contributed by atoms with Gasteiger partial charge in [0.25, 0.3) is 0 Å². The topological polar surface area (TPSA) is 85.4 Å². The van der Waals surface area contributed by atoms with Gasteiger partial charge in [-0.1, -0.05) is 30.3 Å². The van der Waals surface area contributed by atoms with E-state index >= 15 is 0 Å². The Kier molecular flexibility index (Phi) is 5.72. The molecule has 0 aliphatic carbocycles. The fourth-order valence-corrected chi connectivity index (χ4v) is 3.01. The summed E-state index contributed by atoms with van der Waals surface area (Å²) in [5.41, 5.74) is 0.842. The quantitative estimate of drug-likeness (QED) is 0.720. The second kappa shape index (κ2) is 8.18. The molecule has 2 unspecified atom stereocenters. The molecule has 2 heterocycles. The number of hydrogen-bond acceptors (Lipinski definition) is 6. The lowest BCUT2D eigenvalue weighted by molar-refractivity contribution is -0.151. The number of nitrogens with zero attached hydrogens (tertiary/aromatic N) is 2. The van der Waals surface area contributed by atoms with Crippen LogP contribution in [-0.2, 0) is 30.4 Å². The molecule has 1 aromatic carbocycles. The van der Waals surface area contributed by atoms with Crippen molar-refractivity contribution < 1.29 is 28.6 Å². The van der Waals surface area contributed by atoms with Gasteiger partial charge in [-0.05, 0) is 12.5 Å². The summed E-state index contributed by atoms with van der Waals surface area (Å²) in [5.74, 6) is -0.817. The van der Waals surface area contributed by atoms with Crippen LogP contribution < -0.4 is 0 Å². The zero-order valence-corrected chi connectivity index (χ0v) is 14.6. The van der Waals surface area contributed by atoms with E-state index in [1.54, 1.807) is 11.8 Å². The molecule has 0 N–H and O–H groups in total. The minimum atomic E-state index is -0.934. The van der Waals surface area contributed by atoms with Crippen LogP contribution in [-0.4, -0.2) is 72.8 Å². The highest BCUT2D eigenvalue weighted by atomic mass is 16.6. The lowest BCUT2D eigenvalue weighted by Crippen LogP contribution is -2.50. The molecule has 2 amide bonds. The van der Waals surface area contributed by atoms with Crippen molar-refractivity contribution in [3.8, 4) is 0 Å². The monoisotopic (exact) mass is 362 g/mol. The van der Waals surface area contributed by atoms with Crippen LogP contribution >= 0.6 is 0 Å². The maximum atomic E-state index is 12.5. The second-order valence-corrected chi connectivity index (χ2v) is 6.25. The molecule has 140 valence electrons. The number of cyclic esters (lactones) is 1. The first-order chi connectivity index (χ1) is 12.6. The van der Waals surface area contributed by atoms with Gasteiger partial charge < -0.3 is 19.1 Å². The first-order valence-electron chi connectivity index (χ1n) is 8.59. The summed E-state index contributed by atoms with van der Waals surface area (Å²) in [6.07, 6.45) is -1.36. The predicted molar refractivity (Wildman–Crippen MR) is 90.1 cm³/mol. The average molecular weight is 362 g/mol. The van der Waals surface area contributed by atoms with Gasteiger partial charge in [-0.25, -0.2) is 9.59 Å². The Morgan fingerprint density at radius 2 is 1.88 bits per heavy atom. The molecule has 0 radical (unpaired) electrons. The number of rotatable bonds is 5. The molecule has 0 aromatic heterocycles. The maximum Gasteiger partial charge on any atom is 0.411 e. The van der Waals surface area contributed by atoms with Crippen molar-refractivity contribution in [3.63, 3.8) is 0 Å². The van der Waals surface area contributed by atoms with Crippen molar-refractivity contribution in [2.45, 2.75) is 25.7 Å². The van der Waals surface area contributed by atoms with Crippen LogP contribution in [0.2, 0.25) is 0 Å². The Balaban J connectivity index is 1.62. The highest BCUT2D eigenvalue weighted by Gasteiger charge is 2.46. The molecule has 3 rings (SSSR count). The lowest BCUT2D eigenvalue weighted by atomic mass is 10.1. The van der Waals surface area contributed by atoms with Gasteiger partial charge in [0, 0.05) is 13.1 Å². The summed E-state index contributed by atoms with van der Waals surface area (Å²) >= 11 is 0. The van der Waals surface area contributed by atoms with Crippen molar-refractivity contribution in [2.75, 3.05) is 32.8 Å². The molecule has 0 bridgehead atoms.